The first-order chi connectivity index (χ1) is 10.3. The highest BCUT2D eigenvalue weighted by Crippen LogP contribution is 2.30. The summed E-state index contributed by atoms with van der Waals surface area (Å²) in [5.41, 5.74) is 0.982. The van der Waals surface area contributed by atoms with E-state index in [1.807, 2.05) is 17.3 Å². The molecule has 138 valence electrons. The number of hydrogen-bond acceptors (Lipinski definition) is 4. The van der Waals surface area contributed by atoms with Gasteiger partial charge in [0.05, 0.1) is 17.1 Å². The molecule has 1 N–H and O–H groups in total. The molecule has 7 heteroatoms. The van der Waals surface area contributed by atoms with Crippen LogP contribution in [-0.2, 0) is 16.6 Å². The van der Waals surface area contributed by atoms with Crippen LogP contribution in [0.5, 0.6) is 0 Å². The Morgan fingerprint density at radius 3 is 2.38 bits per heavy atom. The molecule has 2 saturated heterocycles. The van der Waals surface area contributed by atoms with Gasteiger partial charge >= 0.3 is 0 Å². The van der Waals surface area contributed by atoms with Crippen molar-refractivity contribution < 1.29 is 4.79 Å². The normalized spacial score (nSPS) is 25.6. The summed E-state index contributed by atoms with van der Waals surface area (Å²) in [7, 11) is 1.97. The topological polar surface area (TPSA) is 45.2 Å². The van der Waals surface area contributed by atoms with Crippen molar-refractivity contribution in [3.8, 4) is 0 Å². The number of rotatable bonds is 3. The minimum atomic E-state index is 0. The monoisotopic (exact) mass is 393 g/mol. The predicted octanol–water partition coefficient (Wildman–Crippen LogP) is 3.57. The first-order valence-corrected chi connectivity index (χ1v) is 9.17. The van der Waals surface area contributed by atoms with E-state index in [2.05, 4.69) is 31.1 Å². The van der Waals surface area contributed by atoms with Gasteiger partial charge in [-0.3, -0.25) is 4.79 Å². The second kappa shape index (κ2) is 8.35. The van der Waals surface area contributed by atoms with Crippen molar-refractivity contribution in [2.24, 2.45) is 0 Å². The average Bonchev–Trinajstić information content (AvgIpc) is 3.04. The van der Waals surface area contributed by atoms with Gasteiger partial charge in [0.1, 0.15) is 0 Å². The fourth-order valence-electron chi connectivity index (χ4n) is 3.56. The van der Waals surface area contributed by atoms with Crippen molar-refractivity contribution in [3.05, 3.63) is 16.1 Å². The van der Waals surface area contributed by atoms with Gasteiger partial charge in [0.2, 0.25) is 5.91 Å². The number of fused-ring (bicyclic) bond motifs is 2. The molecule has 0 aromatic carbocycles. The Labute approximate surface area is 161 Å². The molecule has 0 saturated carbocycles. The summed E-state index contributed by atoms with van der Waals surface area (Å²) >= 11 is 1.66. The number of thiazole rings is 1. The molecule has 4 nitrogen and oxygen atoms in total. The summed E-state index contributed by atoms with van der Waals surface area (Å²) in [6.07, 6.45) is 5.17. The van der Waals surface area contributed by atoms with Gasteiger partial charge in [-0.05, 0) is 25.7 Å². The number of halogens is 2. The Morgan fingerprint density at radius 2 is 1.88 bits per heavy atom. The molecular formula is C17H29Cl2N3OS. The molecule has 1 amide bonds. The van der Waals surface area contributed by atoms with Crippen molar-refractivity contribution >= 4 is 42.1 Å². The highest BCUT2D eigenvalue weighted by molar-refractivity contribution is 7.09. The molecule has 1 aromatic heterocycles. The van der Waals surface area contributed by atoms with Gasteiger partial charge in [-0.15, -0.1) is 36.2 Å². The van der Waals surface area contributed by atoms with E-state index in [0.29, 0.717) is 24.5 Å². The van der Waals surface area contributed by atoms with Gasteiger partial charge in [-0.2, -0.15) is 0 Å². The van der Waals surface area contributed by atoms with E-state index in [0.717, 1.165) is 23.5 Å². The maximum Gasteiger partial charge on any atom is 0.228 e. The number of piperidine rings is 1. The van der Waals surface area contributed by atoms with E-state index in [1.54, 1.807) is 11.3 Å². The fraction of sp³-hybridized carbons (Fsp3) is 0.765. The van der Waals surface area contributed by atoms with Gasteiger partial charge in [-0.1, -0.05) is 20.8 Å². The van der Waals surface area contributed by atoms with Crippen molar-refractivity contribution in [2.75, 3.05) is 7.05 Å². The molecule has 2 fully saturated rings. The first-order valence-electron chi connectivity index (χ1n) is 8.29. The molecule has 2 bridgehead atoms. The zero-order chi connectivity index (χ0) is 15.9. The summed E-state index contributed by atoms with van der Waals surface area (Å²) in [6.45, 7) is 6.48. The SMILES string of the molecule is CN(C(=O)Cc1csc(C(C)(C)C)n1)C1CC2CCC(C1)N2.Cl.Cl. The fourth-order valence-corrected chi connectivity index (χ4v) is 4.47. The molecule has 2 unspecified atom stereocenters. The maximum absolute atomic E-state index is 12.6. The van der Waals surface area contributed by atoms with Gasteiger partial charge in [0, 0.05) is 36.0 Å². The van der Waals surface area contributed by atoms with Crippen LogP contribution in [0.3, 0.4) is 0 Å². The van der Waals surface area contributed by atoms with Crippen LogP contribution >= 0.6 is 36.2 Å². The standard InChI is InChI=1S/C17H27N3OS.2ClH/c1-17(2,3)16-19-13(10-22-16)9-15(21)20(4)14-7-11-5-6-12(8-14)18-11;;/h10-12,14,18H,5-9H2,1-4H3;2*1H. The first kappa shape index (κ1) is 21.7. The molecule has 0 aliphatic carbocycles. The summed E-state index contributed by atoms with van der Waals surface area (Å²) in [5.74, 6) is 0.206. The van der Waals surface area contributed by atoms with Crippen LogP contribution in [0.15, 0.2) is 5.38 Å². The Bertz CT molecular complexity index is 546. The van der Waals surface area contributed by atoms with E-state index >= 15 is 0 Å². The molecule has 1 aromatic rings. The van der Waals surface area contributed by atoms with Crippen LogP contribution in [0.1, 0.15) is 57.2 Å². The van der Waals surface area contributed by atoms with Crippen LogP contribution in [-0.4, -0.2) is 41.0 Å². The van der Waals surface area contributed by atoms with E-state index in [-0.39, 0.29) is 36.1 Å². The number of carbonyl (C=O) groups is 1. The molecule has 2 aliphatic heterocycles. The molecule has 0 radical (unpaired) electrons. The molecule has 2 atom stereocenters. The van der Waals surface area contributed by atoms with Crippen LogP contribution in [0.2, 0.25) is 0 Å². The van der Waals surface area contributed by atoms with E-state index in [9.17, 15) is 4.79 Å². The number of aromatic nitrogens is 1. The lowest BCUT2D eigenvalue weighted by Gasteiger charge is -2.35. The van der Waals surface area contributed by atoms with E-state index in [4.69, 9.17) is 0 Å². The molecule has 2 aliphatic rings. The molecule has 0 spiro atoms. The van der Waals surface area contributed by atoms with Gasteiger partial charge < -0.3 is 10.2 Å². The number of nitrogens with zero attached hydrogens (tertiary/aromatic N) is 2. The summed E-state index contributed by atoms with van der Waals surface area (Å²) < 4.78 is 0. The highest BCUT2D eigenvalue weighted by atomic mass is 35.5. The minimum absolute atomic E-state index is 0. The quantitative estimate of drug-likeness (QED) is 0.853. The summed E-state index contributed by atoms with van der Waals surface area (Å²) in [5, 5.41) is 6.78. The third-order valence-corrected chi connectivity index (χ3v) is 6.23. The van der Waals surface area contributed by atoms with Crippen LogP contribution in [0, 0.1) is 0 Å². The Hall–Kier alpha value is -0.360. The van der Waals surface area contributed by atoms with E-state index in [1.165, 1.54) is 12.8 Å². The van der Waals surface area contributed by atoms with Crippen LogP contribution in [0.4, 0.5) is 0 Å². The van der Waals surface area contributed by atoms with E-state index < -0.39 is 0 Å². The molecule has 3 rings (SSSR count). The van der Waals surface area contributed by atoms with Crippen molar-refractivity contribution in [3.63, 3.8) is 0 Å². The Balaban J connectivity index is 0.00000144. The number of likely N-dealkylation sites (N-methyl/N-ethyl adjacent to an activating group) is 1. The lowest BCUT2D eigenvalue weighted by Crippen LogP contribution is -2.49. The van der Waals surface area contributed by atoms with Gasteiger partial charge in [0.15, 0.2) is 0 Å². The van der Waals surface area contributed by atoms with Crippen LogP contribution in [0.25, 0.3) is 0 Å². The third kappa shape index (κ3) is 4.84. The highest BCUT2D eigenvalue weighted by Gasteiger charge is 2.36. The zero-order valence-corrected chi connectivity index (χ0v) is 17.3. The summed E-state index contributed by atoms with van der Waals surface area (Å²) in [4.78, 5) is 19.2. The molecule has 3 heterocycles. The second-order valence-electron chi connectivity index (χ2n) is 7.84. The maximum atomic E-state index is 12.6. The zero-order valence-electron chi connectivity index (χ0n) is 14.9. The third-order valence-electron chi connectivity index (χ3n) is 4.91. The van der Waals surface area contributed by atoms with Crippen molar-refractivity contribution in [2.45, 2.75) is 76.4 Å². The molecular weight excluding hydrogens is 365 g/mol. The predicted molar refractivity (Wildman–Crippen MR) is 105 cm³/mol. The lowest BCUT2D eigenvalue weighted by molar-refractivity contribution is -0.132. The number of nitrogens with one attached hydrogen (secondary N) is 1. The van der Waals surface area contributed by atoms with Crippen molar-refractivity contribution in [1.82, 2.24) is 15.2 Å². The smallest absolute Gasteiger partial charge is 0.228 e. The largest absolute Gasteiger partial charge is 0.342 e. The van der Waals surface area contributed by atoms with Crippen LogP contribution < -0.4 is 5.32 Å². The second-order valence-corrected chi connectivity index (χ2v) is 8.70. The number of hydrogen-bond donors (Lipinski definition) is 1. The number of carbonyl (C=O) groups excluding carboxylic acids is 1. The Kier molecular flexibility index (Phi) is 7.54. The lowest BCUT2D eigenvalue weighted by atomic mass is 9.98. The molecule has 24 heavy (non-hydrogen) atoms. The van der Waals surface area contributed by atoms with Crippen molar-refractivity contribution in [1.29, 1.82) is 0 Å². The minimum Gasteiger partial charge on any atom is -0.342 e. The summed E-state index contributed by atoms with van der Waals surface area (Å²) in [6, 6.07) is 1.63. The average molecular weight is 394 g/mol. The number of amides is 1. The van der Waals surface area contributed by atoms with Gasteiger partial charge in [-0.25, -0.2) is 4.98 Å². The Morgan fingerprint density at radius 1 is 1.29 bits per heavy atom. The van der Waals surface area contributed by atoms with Gasteiger partial charge in [0.25, 0.3) is 0 Å².